The van der Waals surface area contributed by atoms with Crippen LogP contribution in [0.3, 0.4) is 0 Å². The molecule has 1 aliphatic carbocycles. The predicted octanol–water partition coefficient (Wildman–Crippen LogP) is 4.43. The van der Waals surface area contributed by atoms with Crippen LogP contribution in [0.5, 0.6) is 5.75 Å². The number of nitrogens with one attached hydrogen (secondary N) is 1. The van der Waals surface area contributed by atoms with Crippen LogP contribution in [-0.2, 0) is 6.61 Å². The van der Waals surface area contributed by atoms with Gasteiger partial charge in [0.2, 0.25) is 0 Å². The third-order valence-corrected chi connectivity index (χ3v) is 5.02. The van der Waals surface area contributed by atoms with Gasteiger partial charge in [0.15, 0.2) is 5.76 Å². The number of para-hydroxylation sites is 1. The first-order valence-corrected chi connectivity index (χ1v) is 9.21. The van der Waals surface area contributed by atoms with Crippen LogP contribution in [0.15, 0.2) is 40.8 Å². The standard InChI is InChI=1S/C21H24N2O3/c1-2-15-7-9-17(10-8-15)23-21(24)20-12-11-18(26-20)14-25-19-6-4-3-5-16(19)13-22/h3-6,11-12,15,17H,2,7-10,14H2,1H3,(H,23,24). The molecule has 1 amide bonds. The van der Waals surface area contributed by atoms with Crippen molar-refractivity contribution in [3.05, 3.63) is 53.5 Å². The zero-order valence-corrected chi connectivity index (χ0v) is 15.0. The van der Waals surface area contributed by atoms with Crippen molar-refractivity contribution in [2.24, 2.45) is 5.92 Å². The Labute approximate surface area is 154 Å². The Morgan fingerprint density at radius 3 is 2.73 bits per heavy atom. The molecule has 5 heteroatoms. The van der Waals surface area contributed by atoms with Crippen molar-refractivity contribution < 1.29 is 13.9 Å². The van der Waals surface area contributed by atoms with Gasteiger partial charge in [0, 0.05) is 6.04 Å². The highest BCUT2D eigenvalue weighted by atomic mass is 16.5. The number of hydrogen-bond acceptors (Lipinski definition) is 4. The number of hydrogen-bond donors (Lipinski definition) is 1. The summed E-state index contributed by atoms with van der Waals surface area (Å²) >= 11 is 0. The highest BCUT2D eigenvalue weighted by molar-refractivity contribution is 5.91. The van der Waals surface area contributed by atoms with E-state index in [0.29, 0.717) is 22.8 Å². The SMILES string of the molecule is CCC1CCC(NC(=O)c2ccc(COc3ccccc3C#N)o2)CC1. The van der Waals surface area contributed by atoms with Gasteiger partial charge in [-0.25, -0.2) is 0 Å². The number of furan rings is 1. The Balaban J connectivity index is 1.53. The van der Waals surface area contributed by atoms with Crippen LogP contribution < -0.4 is 10.1 Å². The van der Waals surface area contributed by atoms with Crippen LogP contribution in [0.4, 0.5) is 0 Å². The van der Waals surface area contributed by atoms with E-state index in [-0.39, 0.29) is 18.6 Å². The van der Waals surface area contributed by atoms with E-state index >= 15 is 0 Å². The van der Waals surface area contributed by atoms with Crippen LogP contribution in [0.25, 0.3) is 0 Å². The van der Waals surface area contributed by atoms with E-state index in [4.69, 9.17) is 14.4 Å². The molecule has 0 saturated heterocycles. The number of nitrogens with zero attached hydrogens (tertiary/aromatic N) is 1. The molecule has 0 spiro atoms. The fourth-order valence-electron chi connectivity index (χ4n) is 3.38. The topological polar surface area (TPSA) is 75.3 Å². The minimum absolute atomic E-state index is 0.173. The Bertz CT molecular complexity index is 783. The van der Waals surface area contributed by atoms with Gasteiger partial charge in [-0.2, -0.15) is 5.26 Å². The molecule has 0 bridgehead atoms. The average Bonchev–Trinajstić information content (AvgIpc) is 3.16. The molecular formula is C21H24N2O3. The minimum Gasteiger partial charge on any atom is -0.484 e. The smallest absolute Gasteiger partial charge is 0.287 e. The Hall–Kier alpha value is -2.74. The van der Waals surface area contributed by atoms with E-state index in [0.717, 1.165) is 18.8 Å². The van der Waals surface area contributed by atoms with E-state index in [1.165, 1.54) is 19.3 Å². The lowest BCUT2D eigenvalue weighted by atomic mass is 9.84. The number of benzene rings is 1. The summed E-state index contributed by atoms with van der Waals surface area (Å²) in [5.41, 5.74) is 0.472. The van der Waals surface area contributed by atoms with Crippen molar-refractivity contribution in [1.82, 2.24) is 5.32 Å². The molecule has 5 nitrogen and oxygen atoms in total. The summed E-state index contributed by atoms with van der Waals surface area (Å²) in [5, 5.41) is 12.1. The van der Waals surface area contributed by atoms with Gasteiger partial charge >= 0.3 is 0 Å². The maximum absolute atomic E-state index is 12.4. The van der Waals surface area contributed by atoms with Crippen molar-refractivity contribution in [3.63, 3.8) is 0 Å². The molecule has 136 valence electrons. The molecule has 0 unspecified atom stereocenters. The largest absolute Gasteiger partial charge is 0.484 e. The van der Waals surface area contributed by atoms with Crippen molar-refractivity contribution in [3.8, 4) is 11.8 Å². The second kappa shape index (κ2) is 8.57. The Morgan fingerprint density at radius 2 is 2.00 bits per heavy atom. The molecule has 1 saturated carbocycles. The fourth-order valence-corrected chi connectivity index (χ4v) is 3.38. The van der Waals surface area contributed by atoms with E-state index in [9.17, 15) is 4.79 Å². The van der Waals surface area contributed by atoms with Gasteiger partial charge in [0.05, 0.1) is 5.56 Å². The number of nitriles is 1. The van der Waals surface area contributed by atoms with E-state index in [1.807, 2.05) is 6.07 Å². The molecule has 3 rings (SSSR count). The molecule has 1 fully saturated rings. The van der Waals surface area contributed by atoms with Crippen LogP contribution >= 0.6 is 0 Å². The van der Waals surface area contributed by atoms with E-state index in [1.54, 1.807) is 30.3 Å². The molecule has 1 heterocycles. The second-order valence-corrected chi connectivity index (χ2v) is 6.76. The summed E-state index contributed by atoms with van der Waals surface area (Å²) < 4.78 is 11.2. The van der Waals surface area contributed by atoms with Crippen molar-refractivity contribution in [2.45, 2.75) is 51.7 Å². The summed E-state index contributed by atoms with van der Waals surface area (Å²) in [5.74, 6) is 1.98. The summed E-state index contributed by atoms with van der Waals surface area (Å²) in [6.45, 7) is 2.40. The van der Waals surface area contributed by atoms with Gasteiger partial charge < -0.3 is 14.5 Å². The number of carbonyl (C=O) groups is 1. The highest BCUT2D eigenvalue weighted by Crippen LogP contribution is 2.26. The number of carbonyl (C=O) groups excluding carboxylic acids is 1. The Morgan fingerprint density at radius 1 is 1.23 bits per heavy atom. The average molecular weight is 352 g/mol. The maximum atomic E-state index is 12.4. The predicted molar refractivity (Wildman–Crippen MR) is 97.7 cm³/mol. The molecule has 1 N–H and O–H groups in total. The first-order valence-electron chi connectivity index (χ1n) is 9.21. The van der Waals surface area contributed by atoms with Crippen LogP contribution in [-0.4, -0.2) is 11.9 Å². The highest BCUT2D eigenvalue weighted by Gasteiger charge is 2.22. The lowest BCUT2D eigenvalue weighted by molar-refractivity contribution is 0.0889. The van der Waals surface area contributed by atoms with Crippen molar-refractivity contribution in [2.75, 3.05) is 0 Å². The molecule has 1 aromatic carbocycles. The van der Waals surface area contributed by atoms with Gasteiger partial charge in [-0.15, -0.1) is 0 Å². The molecule has 0 aliphatic heterocycles. The quantitative estimate of drug-likeness (QED) is 0.834. The van der Waals surface area contributed by atoms with Gasteiger partial charge in [0.1, 0.15) is 24.2 Å². The van der Waals surface area contributed by atoms with Gasteiger partial charge in [-0.05, 0) is 55.9 Å². The van der Waals surface area contributed by atoms with Gasteiger partial charge in [-0.3, -0.25) is 4.79 Å². The van der Waals surface area contributed by atoms with Crippen LogP contribution in [0, 0.1) is 17.2 Å². The first-order chi connectivity index (χ1) is 12.7. The zero-order valence-electron chi connectivity index (χ0n) is 15.0. The van der Waals surface area contributed by atoms with Gasteiger partial charge in [-0.1, -0.05) is 25.5 Å². The Kier molecular flexibility index (Phi) is 5.96. The molecule has 1 aromatic heterocycles. The third kappa shape index (κ3) is 4.45. The lowest BCUT2D eigenvalue weighted by Crippen LogP contribution is -2.37. The van der Waals surface area contributed by atoms with E-state index in [2.05, 4.69) is 18.3 Å². The summed E-state index contributed by atoms with van der Waals surface area (Å²) in [7, 11) is 0. The van der Waals surface area contributed by atoms with E-state index < -0.39 is 0 Å². The third-order valence-electron chi connectivity index (χ3n) is 5.02. The zero-order chi connectivity index (χ0) is 18.4. The molecule has 0 atom stereocenters. The molecule has 26 heavy (non-hydrogen) atoms. The van der Waals surface area contributed by atoms with Crippen LogP contribution in [0.1, 0.15) is 60.9 Å². The fraction of sp³-hybridized carbons (Fsp3) is 0.429. The van der Waals surface area contributed by atoms with Crippen molar-refractivity contribution in [1.29, 1.82) is 5.26 Å². The molecule has 1 aliphatic rings. The summed E-state index contributed by atoms with van der Waals surface area (Å²) in [6, 6.07) is 12.8. The lowest BCUT2D eigenvalue weighted by Gasteiger charge is -2.28. The normalized spacial score (nSPS) is 19.5. The maximum Gasteiger partial charge on any atom is 0.287 e. The summed E-state index contributed by atoms with van der Waals surface area (Å²) in [6.07, 6.45) is 5.64. The monoisotopic (exact) mass is 352 g/mol. The molecular weight excluding hydrogens is 328 g/mol. The molecule has 2 aromatic rings. The second-order valence-electron chi connectivity index (χ2n) is 6.76. The summed E-state index contributed by atoms with van der Waals surface area (Å²) in [4.78, 5) is 12.4. The van der Waals surface area contributed by atoms with Crippen molar-refractivity contribution >= 4 is 5.91 Å². The number of rotatable bonds is 6. The van der Waals surface area contributed by atoms with Crippen LogP contribution in [0.2, 0.25) is 0 Å². The first kappa shape index (κ1) is 18.1. The number of amides is 1. The number of ether oxygens (including phenoxy) is 1. The van der Waals surface area contributed by atoms with Gasteiger partial charge in [0.25, 0.3) is 5.91 Å². The minimum atomic E-state index is -0.173. The molecule has 0 radical (unpaired) electrons.